The van der Waals surface area contributed by atoms with Gasteiger partial charge in [-0.2, -0.15) is 0 Å². The zero-order chi connectivity index (χ0) is 14.5. The van der Waals surface area contributed by atoms with E-state index >= 15 is 0 Å². The Hall–Kier alpha value is -2.04. The smallest absolute Gasteiger partial charge is 0.271 e. The largest absolute Gasteiger partial charge is 0.298 e. The summed E-state index contributed by atoms with van der Waals surface area (Å²) in [5.41, 5.74) is 6.78. The summed E-state index contributed by atoms with van der Waals surface area (Å²) in [6.07, 6.45) is 3.06. The Morgan fingerprint density at radius 2 is 2.00 bits per heavy atom. The van der Waals surface area contributed by atoms with Gasteiger partial charge in [0.1, 0.15) is 0 Å². The number of carbonyl (C=O) groups excluding carboxylic acids is 1. The maximum atomic E-state index is 11.8. The molecule has 1 heterocycles. The molecule has 0 aliphatic heterocycles. The number of pyridine rings is 1. The molecule has 1 aromatic carbocycles. The van der Waals surface area contributed by atoms with Crippen molar-refractivity contribution in [2.45, 2.75) is 0 Å². The number of aromatic nitrogens is 1. The Kier molecular flexibility index (Phi) is 4.61. The Balaban J connectivity index is 2.00. The summed E-state index contributed by atoms with van der Waals surface area (Å²) in [5, 5.41) is 0.983. The molecule has 0 spiro atoms. The van der Waals surface area contributed by atoms with Gasteiger partial charge < -0.3 is 0 Å². The molecule has 0 aliphatic carbocycles. The van der Waals surface area contributed by atoms with Gasteiger partial charge in [0.2, 0.25) is 0 Å². The van der Waals surface area contributed by atoms with E-state index < -0.39 is 0 Å². The minimum absolute atomic E-state index is 0.315. The number of benzene rings is 1. The predicted octanol–water partition coefficient (Wildman–Crippen LogP) is 3.29. The van der Waals surface area contributed by atoms with Crippen LogP contribution in [0.15, 0.2) is 49.3 Å². The third kappa shape index (κ3) is 3.50. The third-order valence-corrected chi connectivity index (χ3v) is 3.05. The molecule has 0 saturated heterocycles. The highest BCUT2D eigenvalue weighted by Crippen LogP contribution is 2.24. The molecule has 20 heavy (non-hydrogen) atoms. The zero-order valence-corrected chi connectivity index (χ0v) is 11.9. The second-order valence-electron chi connectivity index (χ2n) is 3.92. The lowest BCUT2D eigenvalue weighted by Crippen LogP contribution is -2.35. The van der Waals surface area contributed by atoms with E-state index in [-0.39, 0.29) is 5.91 Å². The summed E-state index contributed by atoms with van der Waals surface area (Å²) in [4.78, 5) is 15.7. The molecule has 2 aromatic rings. The maximum absolute atomic E-state index is 11.8. The first-order valence-corrected chi connectivity index (χ1v) is 6.44. The molecule has 0 aliphatic rings. The van der Waals surface area contributed by atoms with Crippen LogP contribution in [0, 0.1) is 0 Å². The van der Waals surface area contributed by atoms with Crippen molar-refractivity contribution in [3.8, 4) is 0 Å². The lowest BCUT2D eigenvalue weighted by atomic mass is 10.2. The van der Waals surface area contributed by atoms with Crippen molar-refractivity contribution in [3.63, 3.8) is 0 Å². The maximum Gasteiger partial charge on any atom is 0.271 e. The minimum atomic E-state index is -0.315. The van der Waals surface area contributed by atoms with Gasteiger partial charge in [-0.1, -0.05) is 29.8 Å². The molecule has 1 amide bonds. The van der Waals surface area contributed by atoms with Crippen LogP contribution in [0.3, 0.4) is 0 Å². The summed E-state index contributed by atoms with van der Waals surface area (Å²) in [5.74, 6) is -0.315. The van der Waals surface area contributed by atoms with E-state index in [0.29, 0.717) is 26.9 Å². The number of nitrogens with zero attached hydrogens (tertiary/aromatic N) is 1. The molecule has 0 saturated carbocycles. The normalized spacial score (nSPS) is 9.90. The van der Waals surface area contributed by atoms with E-state index in [4.69, 9.17) is 23.2 Å². The van der Waals surface area contributed by atoms with Crippen LogP contribution in [-0.2, 0) is 0 Å². The van der Waals surface area contributed by atoms with E-state index in [1.54, 1.807) is 36.5 Å². The molecule has 0 fully saturated rings. The number of carbonyl (C=O) groups is 1. The predicted molar refractivity (Wildman–Crippen MR) is 80.3 cm³/mol. The minimum Gasteiger partial charge on any atom is -0.298 e. The number of nitrogens with one attached hydrogen (secondary N) is 2. The average molecular weight is 308 g/mol. The first-order valence-electron chi connectivity index (χ1n) is 5.68. The summed E-state index contributed by atoms with van der Waals surface area (Å²) >= 11 is 11.9. The number of amides is 1. The first-order chi connectivity index (χ1) is 9.58. The molecule has 0 radical (unpaired) electrons. The van der Waals surface area contributed by atoms with E-state index in [1.165, 1.54) is 6.20 Å². The quantitative estimate of drug-likeness (QED) is 0.852. The van der Waals surface area contributed by atoms with Crippen LogP contribution in [0.2, 0.25) is 10.0 Å². The second kappa shape index (κ2) is 6.41. The van der Waals surface area contributed by atoms with Crippen molar-refractivity contribution in [1.29, 1.82) is 0 Å². The second-order valence-corrected chi connectivity index (χ2v) is 4.77. The number of halogens is 2. The van der Waals surface area contributed by atoms with Gasteiger partial charge in [-0.05, 0) is 30.3 Å². The molecule has 0 unspecified atom stereocenters. The van der Waals surface area contributed by atoms with Crippen LogP contribution in [0.1, 0.15) is 15.9 Å². The fourth-order valence-corrected chi connectivity index (χ4v) is 2.03. The number of hydrogen-bond donors (Lipinski definition) is 2. The van der Waals surface area contributed by atoms with Crippen LogP contribution in [0.4, 0.5) is 0 Å². The topological polar surface area (TPSA) is 54.0 Å². The molecule has 0 bridgehead atoms. The summed E-state index contributed by atoms with van der Waals surface area (Å²) in [6.45, 7) is 3.81. The third-order valence-electron chi connectivity index (χ3n) is 2.51. The number of hydrazine groups is 1. The lowest BCUT2D eigenvalue weighted by molar-refractivity contribution is 0.0942. The van der Waals surface area contributed by atoms with Crippen molar-refractivity contribution in [2.24, 2.45) is 0 Å². The fourth-order valence-electron chi connectivity index (χ4n) is 1.50. The van der Waals surface area contributed by atoms with Gasteiger partial charge in [0.25, 0.3) is 5.91 Å². The Morgan fingerprint density at radius 1 is 1.20 bits per heavy atom. The van der Waals surface area contributed by atoms with Gasteiger partial charge >= 0.3 is 0 Å². The van der Waals surface area contributed by atoms with Crippen molar-refractivity contribution in [1.82, 2.24) is 15.8 Å². The van der Waals surface area contributed by atoms with Gasteiger partial charge in [-0.15, -0.1) is 0 Å². The van der Waals surface area contributed by atoms with Crippen molar-refractivity contribution < 1.29 is 4.79 Å². The Morgan fingerprint density at radius 3 is 2.65 bits per heavy atom. The monoisotopic (exact) mass is 307 g/mol. The highest BCUT2D eigenvalue weighted by molar-refractivity contribution is 6.35. The van der Waals surface area contributed by atoms with Crippen molar-refractivity contribution in [2.75, 3.05) is 0 Å². The first kappa shape index (κ1) is 14.4. The van der Waals surface area contributed by atoms with Crippen molar-refractivity contribution in [3.05, 3.63) is 70.5 Å². The molecule has 6 heteroatoms. The van der Waals surface area contributed by atoms with Gasteiger partial charge in [0.05, 0.1) is 16.3 Å². The number of hydrogen-bond acceptors (Lipinski definition) is 3. The molecule has 1 aromatic heterocycles. The molecule has 0 atom stereocenters. The molecular weight excluding hydrogens is 297 g/mol. The van der Waals surface area contributed by atoms with E-state index in [0.717, 1.165) is 0 Å². The van der Waals surface area contributed by atoms with Crippen LogP contribution in [0.5, 0.6) is 0 Å². The highest BCUT2D eigenvalue weighted by Gasteiger charge is 2.08. The molecule has 4 nitrogen and oxygen atoms in total. The summed E-state index contributed by atoms with van der Waals surface area (Å²) in [6, 6.07) is 8.35. The van der Waals surface area contributed by atoms with E-state index in [1.807, 2.05) is 0 Å². The van der Waals surface area contributed by atoms with Crippen LogP contribution in [0.25, 0.3) is 5.70 Å². The molecular formula is C14H11Cl2N3O. The van der Waals surface area contributed by atoms with E-state index in [2.05, 4.69) is 22.4 Å². The van der Waals surface area contributed by atoms with Crippen LogP contribution < -0.4 is 10.9 Å². The SMILES string of the molecule is C=C(NNC(=O)c1cccnc1)c1ccc(Cl)cc1Cl. The Bertz CT molecular complexity index is 644. The van der Waals surface area contributed by atoms with E-state index in [9.17, 15) is 4.79 Å². The van der Waals surface area contributed by atoms with Crippen LogP contribution in [-0.4, -0.2) is 10.9 Å². The lowest BCUT2D eigenvalue weighted by Gasteiger charge is -2.12. The highest BCUT2D eigenvalue weighted by atomic mass is 35.5. The van der Waals surface area contributed by atoms with Gasteiger partial charge in [0.15, 0.2) is 0 Å². The number of rotatable bonds is 4. The van der Waals surface area contributed by atoms with Crippen LogP contribution >= 0.6 is 23.2 Å². The molecule has 2 N–H and O–H groups in total. The van der Waals surface area contributed by atoms with Gasteiger partial charge in [0, 0.05) is 23.0 Å². The van der Waals surface area contributed by atoms with Gasteiger partial charge in [-0.25, -0.2) is 0 Å². The molecule has 102 valence electrons. The average Bonchev–Trinajstić information content (AvgIpc) is 2.45. The zero-order valence-electron chi connectivity index (χ0n) is 10.4. The summed E-state index contributed by atoms with van der Waals surface area (Å²) in [7, 11) is 0. The fraction of sp³-hybridized carbons (Fsp3) is 0. The Labute approximate surface area is 126 Å². The van der Waals surface area contributed by atoms with Crippen molar-refractivity contribution >= 4 is 34.8 Å². The summed E-state index contributed by atoms with van der Waals surface area (Å²) < 4.78 is 0. The molecule has 2 rings (SSSR count). The van der Waals surface area contributed by atoms with Gasteiger partial charge in [-0.3, -0.25) is 20.6 Å². The standard InChI is InChI=1S/C14H11Cl2N3O/c1-9(12-5-4-11(15)7-13(12)16)18-19-14(20)10-3-2-6-17-8-10/h2-8,18H,1H2,(H,19,20).